The maximum absolute atomic E-state index is 5.78. The Balaban J connectivity index is 2.96. The Kier molecular flexibility index (Phi) is 1.52. The lowest BCUT2D eigenvalue weighted by atomic mass is 10.1. The van der Waals surface area contributed by atoms with Gasteiger partial charge in [0.2, 0.25) is 0 Å². The van der Waals surface area contributed by atoms with Crippen LogP contribution < -0.4 is 5.73 Å². The molecular weight excluding hydrogens is 126 g/mol. The second kappa shape index (κ2) is 2.09. The highest BCUT2D eigenvalue weighted by Crippen LogP contribution is 2.11. The molecular formula is C7H13N3. The highest BCUT2D eigenvalue weighted by atomic mass is 15.0. The van der Waals surface area contributed by atoms with Gasteiger partial charge in [-0.05, 0) is 20.8 Å². The Morgan fingerprint density at radius 2 is 2.20 bits per heavy atom. The van der Waals surface area contributed by atoms with E-state index in [0.29, 0.717) is 0 Å². The van der Waals surface area contributed by atoms with Crippen LogP contribution in [0.5, 0.6) is 0 Å². The average molecular weight is 139 g/mol. The van der Waals surface area contributed by atoms with Crippen LogP contribution in [-0.2, 0) is 5.54 Å². The number of aryl methyl sites for hydroxylation is 1. The molecule has 0 saturated heterocycles. The van der Waals surface area contributed by atoms with Crippen LogP contribution in [0, 0.1) is 6.92 Å². The van der Waals surface area contributed by atoms with Crippen LogP contribution >= 0.6 is 0 Å². The first-order valence-corrected chi connectivity index (χ1v) is 3.31. The summed E-state index contributed by atoms with van der Waals surface area (Å²) in [6.45, 7) is 5.80. The zero-order valence-electron chi connectivity index (χ0n) is 6.60. The molecule has 1 aromatic rings. The predicted octanol–water partition coefficient (Wildman–Crippen LogP) is 0.912. The maximum Gasteiger partial charge on any atom is 0.125 e. The van der Waals surface area contributed by atoms with Crippen molar-refractivity contribution in [2.24, 2.45) is 5.73 Å². The quantitative estimate of drug-likeness (QED) is 0.607. The number of hydrogen-bond donors (Lipinski definition) is 2. The van der Waals surface area contributed by atoms with Crippen molar-refractivity contribution >= 4 is 0 Å². The number of H-pyrrole nitrogens is 1. The van der Waals surface area contributed by atoms with Gasteiger partial charge in [0.1, 0.15) is 5.82 Å². The van der Waals surface area contributed by atoms with E-state index < -0.39 is 0 Å². The zero-order valence-corrected chi connectivity index (χ0v) is 6.60. The van der Waals surface area contributed by atoms with Crippen LogP contribution in [0.2, 0.25) is 0 Å². The lowest BCUT2D eigenvalue weighted by molar-refractivity contribution is 0.519. The van der Waals surface area contributed by atoms with E-state index in [1.54, 1.807) is 6.20 Å². The van der Waals surface area contributed by atoms with Crippen molar-refractivity contribution < 1.29 is 0 Å². The number of hydrogen-bond acceptors (Lipinski definition) is 2. The van der Waals surface area contributed by atoms with Crippen molar-refractivity contribution in [1.29, 1.82) is 0 Å². The standard InChI is InChI=1S/C7H13N3/c1-5-4-9-6(10-5)7(2,3)8/h4H,8H2,1-3H3,(H,9,10). The molecule has 0 atom stereocenters. The van der Waals surface area contributed by atoms with Crippen LogP contribution in [0.3, 0.4) is 0 Å². The van der Waals surface area contributed by atoms with Gasteiger partial charge >= 0.3 is 0 Å². The van der Waals surface area contributed by atoms with Gasteiger partial charge in [0.15, 0.2) is 0 Å². The summed E-state index contributed by atoms with van der Waals surface area (Å²) in [7, 11) is 0. The fraction of sp³-hybridized carbons (Fsp3) is 0.571. The number of aromatic amines is 1. The minimum Gasteiger partial charge on any atom is -0.345 e. The molecule has 1 rings (SSSR count). The predicted molar refractivity (Wildman–Crippen MR) is 40.5 cm³/mol. The Bertz CT molecular complexity index is 219. The number of nitrogens with zero attached hydrogens (tertiary/aromatic N) is 1. The van der Waals surface area contributed by atoms with E-state index in [2.05, 4.69) is 9.97 Å². The Labute approximate surface area is 60.7 Å². The summed E-state index contributed by atoms with van der Waals surface area (Å²) in [5.41, 5.74) is 6.47. The summed E-state index contributed by atoms with van der Waals surface area (Å²) in [5.74, 6) is 0.838. The van der Waals surface area contributed by atoms with Crippen molar-refractivity contribution in [2.75, 3.05) is 0 Å². The molecule has 0 aliphatic rings. The second-order valence-corrected chi connectivity index (χ2v) is 3.14. The minimum atomic E-state index is -0.353. The van der Waals surface area contributed by atoms with Gasteiger partial charge in [-0.25, -0.2) is 4.98 Å². The molecule has 1 heterocycles. The molecule has 0 spiro atoms. The summed E-state index contributed by atoms with van der Waals surface area (Å²) < 4.78 is 0. The summed E-state index contributed by atoms with van der Waals surface area (Å²) >= 11 is 0. The van der Waals surface area contributed by atoms with Gasteiger partial charge in [-0.3, -0.25) is 0 Å². The minimum absolute atomic E-state index is 0.353. The van der Waals surface area contributed by atoms with Gasteiger partial charge in [0.25, 0.3) is 0 Å². The molecule has 1 aromatic heterocycles. The number of rotatable bonds is 1. The van der Waals surface area contributed by atoms with E-state index >= 15 is 0 Å². The average Bonchev–Trinajstić information content (AvgIpc) is 2.11. The summed E-state index contributed by atoms with van der Waals surface area (Å²) in [6.07, 6.45) is 1.78. The van der Waals surface area contributed by atoms with Gasteiger partial charge < -0.3 is 10.7 Å². The van der Waals surface area contributed by atoms with Crippen LogP contribution in [-0.4, -0.2) is 9.97 Å². The number of nitrogens with one attached hydrogen (secondary N) is 1. The summed E-state index contributed by atoms with van der Waals surface area (Å²) in [4.78, 5) is 7.19. The largest absolute Gasteiger partial charge is 0.345 e. The molecule has 0 unspecified atom stereocenters. The third-order valence-corrected chi connectivity index (χ3v) is 1.31. The first kappa shape index (κ1) is 7.28. The molecule has 0 fully saturated rings. The third kappa shape index (κ3) is 1.36. The lowest BCUT2D eigenvalue weighted by Crippen LogP contribution is -2.30. The smallest absolute Gasteiger partial charge is 0.125 e. The molecule has 0 bridgehead atoms. The highest BCUT2D eigenvalue weighted by Gasteiger charge is 2.16. The van der Waals surface area contributed by atoms with Gasteiger partial charge in [-0.1, -0.05) is 0 Å². The Morgan fingerprint density at radius 1 is 1.60 bits per heavy atom. The highest BCUT2D eigenvalue weighted by molar-refractivity contribution is 5.06. The van der Waals surface area contributed by atoms with Crippen LogP contribution in [0.25, 0.3) is 0 Å². The molecule has 3 nitrogen and oxygen atoms in total. The Hall–Kier alpha value is -0.830. The number of aromatic nitrogens is 2. The van der Waals surface area contributed by atoms with Crippen LogP contribution in [0.4, 0.5) is 0 Å². The van der Waals surface area contributed by atoms with E-state index in [0.717, 1.165) is 11.5 Å². The molecule has 56 valence electrons. The zero-order chi connectivity index (χ0) is 7.78. The molecule has 0 aliphatic heterocycles. The fourth-order valence-electron chi connectivity index (χ4n) is 0.740. The molecule has 3 N–H and O–H groups in total. The van der Waals surface area contributed by atoms with Gasteiger partial charge in [-0.2, -0.15) is 0 Å². The molecule has 10 heavy (non-hydrogen) atoms. The molecule has 0 saturated carbocycles. The lowest BCUT2D eigenvalue weighted by Gasteiger charge is -2.14. The van der Waals surface area contributed by atoms with Crippen LogP contribution in [0.15, 0.2) is 6.20 Å². The summed E-state index contributed by atoms with van der Waals surface area (Å²) in [6, 6.07) is 0. The fourth-order valence-corrected chi connectivity index (χ4v) is 0.740. The van der Waals surface area contributed by atoms with Gasteiger partial charge in [-0.15, -0.1) is 0 Å². The van der Waals surface area contributed by atoms with Crippen molar-refractivity contribution in [3.8, 4) is 0 Å². The monoisotopic (exact) mass is 139 g/mol. The molecule has 3 heteroatoms. The molecule has 0 radical (unpaired) electrons. The van der Waals surface area contributed by atoms with Crippen molar-refractivity contribution in [2.45, 2.75) is 26.3 Å². The van der Waals surface area contributed by atoms with E-state index in [1.165, 1.54) is 0 Å². The van der Waals surface area contributed by atoms with Gasteiger partial charge in [0.05, 0.1) is 5.54 Å². The Morgan fingerprint density at radius 3 is 2.40 bits per heavy atom. The van der Waals surface area contributed by atoms with E-state index in [9.17, 15) is 0 Å². The molecule has 0 aliphatic carbocycles. The summed E-state index contributed by atoms with van der Waals surface area (Å²) in [5, 5.41) is 0. The number of nitrogens with two attached hydrogens (primary N) is 1. The molecule has 0 amide bonds. The maximum atomic E-state index is 5.78. The van der Waals surface area contributed by atoms with E-state index in [4.69, 9.17) is 5.73 Å². The first-order valence-electron chi connectivity index (χ1n) is 3.31. The van der Waals surface area contributed by atoms with Crippen molar-refractivity contribution in [1.82, 2.24) is 9.97 Å². The number of imidazole rings is 1. The second-order valence-electron chi connectivity index (χ2n) is 3.14. The van der Waals surface area contributed by atoms with E-state index in [1.807, 2.05) is 20.8 Å². The van der Waals surface area contributed by atoms with Crippen molar-refractivity contribution in [3.63, 3.8) is 0 Å². The topological polar surface area (TPSA) is 54.7 Å². The molecule has 0 aromatic carbocycles. The normalized spacial score (nSPS) is 12.0. The SMILES string of the molecule is Cc1cnc(C(C)(C)N)[nH]1. The first-order chi connectivity index (χ1) is 4.50. The third-order valence-electron chi connectivity index (χ3n) is 1.31. The van der Waals surface area contributed by atoms with Gasteiger partial charge in [0, 0.05) is 11.9 Å². The van der Waals surface area contributed by atoms with Crippen molar-refractivity contribution in [3.05, 3.63) is 17.7 Å². The van der Waals surface area contributed by atoms with E-state index in [-0.39, 0.29) is 5.54 Å². The van der Waals surface area contributed by atoms with Crippen LogP contribution in [0.1, 0.15) is 25.4 Å².